The van der Waals surface area contributed by atoms with E-state index in [2.05, 4.69) is 23.7 Å². The Morgan fingerprint density at radius 2 is 2.07 bits per heavy atom. The van der Waals surface area contributed by atoms with Crippen LogP contribution >= 0.6 is 11.6 Å². The Bertz CT molecular complexity index is 272. The van der Waals surface area contributed by atoms with Crippen molar-refractivity contribution in [2.24, 2.45) is 0 Å². The molecular formula is C11H17ClN2O. The molecule has 84 valence electrons. The van der Waals surface area contributed by atoms with Gasteiger partial charge in [-0.3, -0.25) is 0 Å². The number of hydrogen-bond donors (Lipinski definition) is 0. The van der Waals surface area contributed by atoms with Gasteiger partial charge in [0.15, 0.2) is 0 Å². The van der Waals surface area contributed by atoms with Gasteiger partial charge in [-0.15, -0.1) is 0 Å². The minimum Gasteiger partial charge on any atom is -0.476 e. The van der Waals surface area contributed by atoms with Crippen LogP contribution in [0.1, 0.15) is 13.8 Å². The van der Waals surface area contributed by atoms with Crippen LogP contribution in [0.25, 0.3) is 0 Å². The Labute approximate surface area is 96.0 Å². The summed E-state index contributed by atoms with van der Waals surface area (Å²) in [5.41, 5.74) is 0. The molecule has 0 saturated heterocycles. The van der Waals surface area contributed by atoms with E-state index in [0.29, 0.717) is 17.5 Å². The zero-order chi connectivity index (χ0) is 11.1. The number of hydrogen-bond acceptors (Lipinski definition) is 3. The van der Waals surface area contributed by atoms with Gasteiger partial charge in [-0.05, 0) is 19.2 Å². The molecule has 1 heterocycles. The summed E-state index contributed by atoms with van der Waals surface area (Å²) in [6.45, 7) is 7.98. The number of aromatic nitrogens is 1. The van der Waals surface area contributed by atoms with Crippen LogP contribution in [0.4, 0.5) is 0 Å². The van der Waals surface area contributed by atoms with E-state index in [1.165, 1.54) is 0 Å². The van der Waals surface area contributed by atoms with Crippen LogP contribution in [0.2, 0.25) is 5.02 Å². The number of pyridine rings is 1. The van der Waals surface area contributed by atoms with E-state index in [9.17, 15) is 0 Å². The molecule has 0 fully saturated rings. The average Bonchev–Trinajstić information content (AvgIpc) is 2.27. The van der Waals surface area contributed by atoms with Crippen LogP contribution in [0.15, 0.2) is 18.3 Å². The van der Waals surface area contributed by atoms with Crippen molar-refractivity contribution in [1.82, 2.24) is 9.88 Å². The largest absolute Gasteiger partial charge is 0.476 e. The van der Waals surface area contributed by atoms with Gasteiger partial charge in [0.25, 0.3) is 0 Å². The summed E-state index contributed by atoms with van der Waals surface area (Å²) in [6, 6.07) is 3.56. The number of likely N-dealkylation sites (N-methyl/N-ethyl adjacent to an activating group) is 1. The first-order chi connectivity index (χ1) is 7.26. The molecule has 0 spiro atoms. The van der Waals surface area contributed by atoms with Gasteiger partial charge in [0.1, 0.15) is 6.61 Å². The fourth-order valence-electron chi connectivity index (χ4n) is 1.27. The third-order valence-corrected chi connectivity index (χ3v) is 2.48. The summed E-state index contributed by atoms with van der Waals surface area (Å²) in [6.07, 6.45) is 1.59. The Hall–Kier alpha value is -0.800. The maximum Gasteiger partial charge on any atom is 0.213 e. The molecule has 0 aliphatic heterocycles. The average molecular weight is 229 g/mol. The predicted molar refractivity (Wildman–Crippen MR) is 62.5 cm³/mol. The van der Waals surface area contributed by atoms with Gasteiger partial charge in [0, 0.05) is 18.8 Å². The third kappa shape index (κ3) is 4.49. The van der Waals surface area contributed by atoms with Crippen LogP contribution in [0, 0.1) is 0 Å². The SMILES string of the molecule is CCN(CC)CCOc1ccc(Cl)cn1. The zero-order valence-electron chi connectivity index (χ0n) is 9.24. The van der Waals surface area contributed by atoms with E-state index in [1.54, 1.807) is 18.3 Å². The highest BCUT2D eigenvalue weighted by molar-refractivity contribution is 6.30. The van der Waals surface area contributed by atoms with Crippen molar-refractivity contribution in [3.8, 4) is 5.88 Å². The smallest absolute Gasteiger partial charge is 0.213 e. The lowest BCUT2D eigenvalue weighted by Crippen LogP contribution is -2.28. The van der Waals surface area contributed by atoms with Crippen molar-refractivity contribution >= 4 is 11.6 Å². The van der Waals surface area contributed by atoms with Crippen molar-refractivity contribution in [2.45, 2.75) is 13.8 Å². The number of rotatable bonds is 6. The minimum atomic E-state index is 0.631. The number of nitrogens with zero attached hydrogens (tertiary/aromatic N) is 2. The molecular weight excluding hydrogens is 212 g/mol. The molecule has 0 bridgehead atoms. The van der Waals surface area contributed by atoms with Crippen molar-refractivity contribution in [2.75, 3.05) is 26.2 Å². The molecule has 0 unspecified atom stereocenters. The van der Waals surface area contributed by atoms with E-state index >= 15 is 0 Å². The molecule has 0 radical (unpaired) electrons. The first-order valence-corrected chi connectivity index (χ1v) is 5.60. The standard InChI is InChI=1S/C11H17ClN2O/c1-3-14(4-2)7-8-15-11-6-5-10(12)9-13-11/h5-6,9H,3-4,7-8H2,1-2H3. The first-order valence-electron chi connectivity index (χ1n) is 5.23. The van der Waals surface area contributed by atoms with Crippen molar-refractivity contribution in [3.63, 3.8) is 0 Å². The second-order valence-electron chi connectivity index (χ2n) is 3.19. The van der Waals surface area contributed by atoms with Gasteiger partial charge in [0.2, 0.25) is 5.88 Å². The van der Waals surface area contributed by atoms with Gasteiger partial charge in [0.05, 0.1) is 5.02 Å². The fraction of sp³-hybridized carbons (Fsp3) is 0.545. The third-order valence-electron chi connectivity index (χ3n) is 2.25. The van der Waals surface area contributed by atoms with Gasteiger partial charge < -0.3 is 9.64 Å². The lowest BCUT2D eigenvalue weighted by Gasteiger charge is -2.17. The van der Waals surface area contributed by atoms with E-state index < -0.39 is 0 Å². The molecule has 0 aromatic carbocycles. The van der Waals surface area contributed by atoms with Crippen LogP contribution < -0.4 is 4.74 Å². The molecule has 0 N–H and O–H groups in total. The molecule has 1 aromatic heterocycles. The van der Waals surface area contributed by atoms with Gasteiger partial charge in [-0.2, -0.15) is 0 Å². The highest BCUT2D eigenvalue weighted by Gasteiger charge is 1.99. The Morgan fingerprint density at radius 1 is 1.33 bits per heavy atom. The molecule has 0 atom stereocenters. The van der Waals surface area contributed by atoms with Crippen LogP contribution in [-0.4, -0.2) is 36.1 Å². The molecule has 15 heavy (non-hydrogen) atoms. The monoisotopic (exact) mass is 228 g/mol. The Kier molecular flexibility index (Phi) is 5.43. The Balaban J connectivity index is 2.28. The maximum atomic E-state index is 5.71. The molecule has 0 aliphatic rings. The molecule has 1 aromatic rings. The van der Waals surface area contributed by atoms with E-state index in [4.69, 9.17) is 16.3 Å². The molecule has 0 amide bonds. The van der Waals surface area contributed by atoms with Gasteiger partial charge in [-0.1, -0.05) is 25.4 Å². The second kappa shape index (κ2) is 6.64. The van der Waals surface area contributed by atoms with Crippen LogP contribution in [0.3, 0.4) is 0 Å². The first kappa shape index (κ1) is 12.3. The normalized spacial score (nSPS) is 10.7. The summed E-state index contributed by atoms with van der Waals surface area (Å²) >= 11 is 5.71. The highest BCUT2D eigenvalue weighted by atomic mass is 35.5. The highest BCUT2D eigenvalue weighted by Crippen LogP contribution is 2.11. The van der Waals surface area contributed by atoms with Crippen molar-refractivity contribution in [1.29, 1.82) is 0 Å². The number of ether oxygens (including phenoxy) is 1. The Morgan fingerprint density at radius 3 is 2.60 bits per heavy atom. The predicted octanol–water partition coefficient (Wildman–Crippen LogP) is 2.46. The van der Waals surface area contributed by atoms with Gasteiger partial charge in [-0.25, -0.2) is 4.98 Å². The molecule has 0 saturated carbocycles. The summed E-state index contributed by atoms with van der Waals surface area (Å²) in [4.78, 5) is 6.36. The minimum absolute atomic E-state index is 0.631. The molecule has 4 heteroatoms. The number of halogens is 1. The summed E-state index contributed by atoms with van der Waals surface area (Å²) in [7, 11) is 0. The lowest BCUT2D eigenvalue weighted by molar-refractivity contribution is 0.218. The summed E-state index contributed by atoms with van der Waals surface area (Å²) < 4.78 is 5.48. The lowest BCUT2D eigenvalue weighted by atomic mass is 10.5. The van der Waals surface area contributed by atoms with Crippen molar-refractivity contribution < 1.29 is 4.74 Å². The second-order valence-corrected chi connectivity index (χ2v) is 3.63. The van der Waals surface area contributed by atoms with Crippen molar-refractivity contribution in [3.05, 3.63) is 23.4 Å². The topological polar surface area (TPSA) is 25.4 Å². The van der Waals surface area contributed by atoms with Crippen LogP contribution in [0.5, 0.6) is 5.88 Å². The fourth-order valence-corrected chi connectivity index (χ4v) is 1.38. The molecule has 3 nitrogen and oxygen atoms in total. The summed E-state index contributed by atoms with van der Waals surface area (Å²) in [5, 5.41) is 0.631. The maximum absolute atomic E-state index is 5.71. The van der Waals surface area contributed by atoms with E-state index in [0.717, 1.165) is 19.6 Å². The van der Waals surface area contributed by atoms with E-state index in [-0.39, 0.29) is 0 Å². The van der Waals surface area contributed by atoms with Crippen LogP contribution in [-0.2, 0) is 0 Å². The summed E-state index contributed by atoms with van der Waals surface area (Å²) in [5.74, 6) is 0.631. The molecule has 0 aliphatic carbocycles. The zero-order valence-corrected chi connectivity index (χ0v) is 10.00. The van der Waals surface area contributed by atoms with Gasteiger partial charge >= 0.3 is 0 Å². The van der Waals surface area contributed by atoms with E-state index in [1.807, 2.05) is 0 Å². The molecule has 1 rings (SSSR count). The quantitative estimate of drug-likeness (QED) is 0.748.